The molecule has 0 rings (SSSR count). The van der Waals surface area contributed by atoms with Gasteiger partial charge in [0.2, 0.25) is 14.1 Å². The van der Waals surface area contributed by atoms with Gasteiger partial charge in [0.15, 0.2) is 5.76 Å². The maximum absolute atomic E-state index is 6.33. The van der Waals surface area contributed by atoms with Gasteiger partial charge in [-0.05, 0) is 61.6 Å². The van der Waals surface area contributed by atoms with E-state index in [1.165, 1.54) is 0 Å². The van der Waals surface area contributed by atoms with E-state index in [1.807, 2.05) is 6.92 Å². The summed E-state index contributed by atoms with van der Waals surface area (Å²) in [5.74, 6) is 4.91. The highest BCUT2D eigenvalue weighted by Gasteiger charge is 2.41. The van der Waals surface area contributed by atoms with E-state index in [4.69, 9.17) is 9.16 Å². The lowest BCUT2D eigenvalue weighted by atomic mass is 10.2. The van der Waals surface area contributed by atoms with Gasteiger partial charge in [-0.2, -0.15) is 0 Å². The van der Waals surface area contributed by atoms with Gasteiger partial charge in [-0.3, -0.25) is 0 Å². The summed E-state index contributed by atoms with van der Waals surface area (Å²) in [7, 11) is -1.85. The van der Waals surface area contributed by atoms with Crippen molar-refractivity contribution in [3.05, 3.63) is 23.2 Å². The van der Waals surface area contributed by atoms with Gasteiger partial charge in [0, 0.05) is 0 Å². The highest BCUT2D eigenvalue weighted by Crippen LogP contribution is 2.40. The van der Waals surface area contributed by atoms with Crippen LogP contribution in [0.15, 0.2) is 23.2 Å². The molecule has 0 fully saturated rings. The number of hydrogen-bond donors (Lipinski definition) is 0. The molecule has 0 bridgehead atoms. The Hall–Kier alpha value is -0.926. The van der Waals surface area contributed by atoms with E-state index in [1.54, 1.807) is 7.11 Å². The number of allylic oxidation sites excluding steroid dienone is 3. The molecule has 0 amide bonds. The SMILES string of the molecule is C/C=C(C)/C(O[Si](C)(C)C)=C(\C#C[Si](C(C)C)(C(C)C)C(C)C)OC. The zero-order valence-corrected chi connectivity index (χ0v) is 20.6. The molecule has 0 aliphatic rings. The molecule has 2 nitrogen and oxygen atoms in total. The van der Waals surface area contributed by atoms with E-state index in [-0.39, 0.29) is 0 Å². The van der Waals surface area contributed by atoms with Gasteiger partial charge < -0.3 is 9.16 Å². The van der Waals surface area contributed by atoms with Crippen molar-refractivity contribution < 1.29 is 9.16 Å². The lowest BCUT2D eigenvalue weighted by Gasteiger charge is -2.38. The Balaban J connectivity index is 6.41. The molecule has 0 aromatic heterocycles. The fourth-order valence-corrected chi connectivity index (χ4v) is 9.60. The van der Waals surface area contributed by atoms with Crippen LogP contribution in [0.2, 0.25) is 36.3 Å². The van der Waals surface area contributed by atoms with Crippen LogP contribution < -0.4 is 0 Å². The summed E-state index contributed by atoms with van der Waals surface area (Å²) in [5.41, 5.74) is 6.62. The van der Waals surface area contributed by atoms with Crippen LogP contribution >= 0.6 is 0 Å². The molecule has 0 atom stereocenters. The molecule has 0 aromatic carbocycles. The maximum atomic E-state index is 6.33. The lowest BCUT2D eigenvalue weighted by Crippen LogP contribution is -2.43. The summed E-state index contributed by atoms with van der Waals surface area (Å²) >= 11 is 0. The summed E-state index contributed by atoms with van der Waals surface area (Å²) in [6.45, 7) is 24.6. The molecule has 144 valence electrons. The molecule has 0 unspecified atom stereocenters. The van der Waals surface area contributed by atoms with Crippen molar-refractivity contribution in [2.45, 2.75) is 91.7 Å². The highest BCUT2D eigenvalue weighted by molar-refractivity contribution is 6.90. The van der Waals surface area contributed by atoms with Gasteiger partial charge in [-0.25, -0.2) is 0 Å². The average Bonchev–Trinajstić information content (AvgIpc) is 2.46. The summed E-state index contributed by atoms with van der Waals surface area (Å²) in [6, 6.07) is 0. The number of rotatable bonds is 7. The van der Waals surface area contributed by atoms with E-state index in [2.05, 4.69) is 85.6 Å². The summed E-state index contributed by atoms with van der Waals surface area (Å²) < 4.78 is 12.0. The fourth-order valence-electron chi connectivity index (χ4n) is 3.54. The van der Waals surface area contributed by atoms with Crippen molar-refractivity contribution in [2.24, 2.45) is 0 Å². The second kappa shape index (κ2) is 9.68. The molecule has 0 N–H and O–H groups in total. The van der Waals surface area contributed by atoms with Gasteiger partial charge in [-0.15, -0.1) is 5.54 Å². The van der Waals surface area contributed by atoms with Crippen molar-refractivity contribution in [3.63, 3.8) is 0 Å². The first-order chi connectivity index (χ1) is 11.3. The van der Waals surface area contributed by atoms with Crippen molar-refractivity contribution in [3.8, 4) is 11.5 Å². The third kappa shape index (κ3) is 6.38. The van der Waals surface area contributed by atoms with Crippen LogP contribution in [-0.2, 0) is 9.16 Å². The van der Waals surface area contributed by atoms with E-state index < -0.39 is 16.4 Å². The van der Waals surface area contributed by atoms with E-state index in [0.29, 0.717) is 22.4 Å². The van der Waals surface area contributed by atoms with Crippen LogP contribution in [-0.4, -0.2) is 23.5 Å². The minimum absolute atomic E-state index is 0.599. The third-order valence-electron chi connectivity index (χ3n) is 4.87. The molecule has 0 spiro atoms. The summed E-state index contributed by atoms with van der Waals surface area (Å²) in [6.07, 6.45) is 2.06. The Morgan fingerprint density at radius 3 is 1.64 bits per heavy atom. The minimum Gasteiger partial charge on any atom is -0.541 e. The highest BCUT2D eigenvalue weighted by atomic mass is 28.4. The Kier molecular flexibility index (Phi) is 9.32. The van der Waals surface area contributed by atoms with Crippen molar-refractivity contribution in [2.75, 3.05) is 7.11 Å². The largest absolute Gasteiger partial charge is 0.541 e. The van der Waals surface area contributed by atoms with Crippen molar-refractivity contribution in [1.82, 2.24) is 0 Å². The Labute approximate surface area is 159 Å². The zero-order valence-electron chi connectivity index (χ0n) is 18.6. The molecule has 0 saturated heterocycles. The molecule has 0 aliphatic heterocycles. The lowest BCUT2D eigenvalue weighted by molar-refractivity contribution is 0.280. The molecular formula is C21H40O2Si2. The van der Waals surface area contributed by atoms with E-state index >= 15 is 0 Å². The second-order valence-corrected chi connectivity index (χ2v) is 18.7. The second-order valence-electron chi connectivity index (χ2n) is 8.70. The summed E-state index contributed by atoms with van der Waals surface area (Å²) in [5, 5.41) is 0. The van der Waals surface area contributed by atoms with Gasteiger partial charge in [0.25, 0.3) is 0 Å². The first-order valence-electron chi connectivity index (χ1n) is 9.47. The molecule has 25 heavy (non-hydrogen) atoms. The van der Waals surface area contributed by atoms with Gasteiger partial charge in [0.05, 0.1) is 7.11 Å². The smallest absolute Gasteiger partial charge is 0.242 e. The number of methoxy groups -OCH3 is 1. The van der Waals surface area contributed by atoms with Crippen LogP contribution in [0, 0.1) is 11.5 Å². The summed E-state index contributed by atoms with van der Waals surface area (Å²) in [4.78, 5) is 0. The molecule has 0 aliphatic carbocycles. The Morgan fingerprint density at radius 2 is 1.36 bits per heavy atom. The van der Waals surface area contributed by atoms with Crippen LogP contribution in [0.4, 0.5) is 0 Å². The van der Waals surface area contributed by atoms with E-state index in [9.17, 15) is 0 Å². The predicted molar refractivity (Wildman–Crippen MR) is 117 cm³/mol. The standard InChI is InChI=1S/C21H40O2Si2/c1-13-19(8)21(23-24(10,11)12)20(22-9)14-15-25(16(2)3,17(4)5)18(6)7/h13,16-18H,1-12H3/b19-13+,21-20-. The quantitative estimate of drug-likeness (QED) is 0.207. The topological polar surface area (TPSA) is 18.5 Å². The molecule has 0 aromatic rings. The minimum atomic E-state index is -1.80. The van der Waals surface area contributed by atoms with Crippen LogP contribution in [0.3, 0.4) is 0 Å². The molecule has 0 heterocycles. The monoisotopic (exact) mass is 380 g/mol. The molecule has 4 heteroatoms. The third-order valence-corrected chi connectivity index (χ3v) is 12.0. The Bertz CT molecular complexity index is 531. The number of hydrogen-bond acceptors (Lipinski definition) is 2. The Morgan fingerprint density at radius 1 is 0.920 bits per heavy atom. The van der Waals surface area contributed by atoms with Crippen LogP contribution in [0.25, 0.3) is 0 Å². The van der Waals surface area contributed by atoms with Crippen molar-refractivity contribution >= 4 is 16.4 Å². The van der Waals surface area contributed by atoms with E-state index in [0.717, 1.165) is 11.3 Å². The number of ether oxygens (including phenoxy) is 1. The zero-order chi connectivity index (χ0) is 20.0. The predicted octanol–water partition coefficient (Wildman–Crippen LogP) is 6.88. The molecule has 0 saturated carbocycles. The normalized spacial score (nSPS) is 14.4. The van der Waals surface area contributed by atoms with Gasteiger partial charge in [0.1, 0.15) is 8.07 Å². The first-order valence-corrected chi connectivity index (χ1v) is 15.1. The fraction of sp³-hybridized carbons (Fsp3) is 0.714. The first kappa shape index (κ1) is 24.1. The van der Waals surface area contributed by atoms with Crippen LogP contribution in [0.1, 0.15) is 55.4 Å². The van der Waals surface area contributed by atoms with Gasteiger partial charge >= 0.3 is 0 Å². The van der Waals surface area contributed by atoms with Crippen molar-refractivity contribution in [1.29, 1.82) is 0 Å². The van der Waals surface area contributed by atoms with Crippen LogP contribution in [0.5, 0.6) is 0 Å². The van der Waals surface area contributed by atoms with Gasteiger partial charge in [-0.1, -0.05) is 47.6 Å². The maximum Gasteiger partial charge on any atom is 0.242 e. The molecular weight excluding hydrogens is 340 g/mol. The molecule has 0 radical (unpaired) electrons. The average molecular weight is 381 g/mol.